The third kappa shape index (κ3) is 4.92. The van der Waals surface area contributed by atoms with Crippen molar-refractivity contribution in [3.05, 3.63) is 59.7 Å². The quantitative estimate of drug-likeness (QED) is 0.319. The lowest BCUT2D eigenvalue weighted by Gasteiger charge is -2.41. The molecular weight excluding hydrogens is 471 g/mol. The third-order valence-corrected chi connectivity index (χ3v) is 8.90. The number of nitrogens with zero attached hydrogens (tertiary/aromatic N) is 1. The zero-order chi connectivity index (χ0) is 23.7. The van der Waals surface area contributed by atoms with Crippen molar-refractivity contribution in [3.63, 3.8) is 0 Å². The van der Waals surface area contributed by atoms with Gasteiger partial charge in [0.25, 0.3) is 5.08 Å². The van der Waals surface area contributed by atoms with Crippen LogP contribution in [0.2, 0.25) is 0 Å². The first kappa shape index (κ1) is 24.5. The maximum atomic E-state index is 14.6. The van der Waals surface area contributed by atoms with Gasteiger partial charge in [-0.05, 0) is 37.6 Å². The van der Waals surface area contributed by atoms with Crippen LogP contribution in [0.1, 0.15) is 31.3 Å². The molecule has 2 unspecified atom stereocenters. The Morgan fingerprint density at radius 1 is 1.25 bits per heavy atom. The smallest absolute Gasteiger partial charge is 0.431 e. The number of rotatable bonds is 5. The normalized spacial score (nSPS) is 30.2. The molecule has 1 fully saturated rings. The Morgan fingerprint density at radius 3 is 2.44 bits per heavy atom. The molecule has 3 rings (SSSR count). The van der Waals surface area contributed by atoms with Crippen LogP contribution >= 0.6 is 15.2 Å². The van der Waals surface area contributed by atoms with Crippen LogP contribution < -0.4 is 4.74 Å². The van der Waals surface area contributed by atoms with Gasteiger partial charge in [0.1, 0.15) is 11.6 Å². The first-order valence-electron chi connectivity index (χ1n) is 9.16. The summed E-state index contributed by atoms with van der Waals surface area (Å²) in [6, 6.07) is 5.63. The Hall–Kier alpha value is -2.17. The van der Waals surface area contributed by atoms with Gasteiger partial charge in [0.2, 0.25) is 6.29 Å². The summed E-state index contributed by atoms with van der Waals surface area (Å²) in [6.07, 6.45) is -1.84. The first-order chi connectivity index (χ1) is 14.8. The summed E-state index contributed by atoms with van der Waals surface area (Å²) >= 11 is 0. The van der Waals surface area contributed by atoms with Crippen LogP contribution in [-0.4, -0.2) is 37.2 Å². The second kappa shape index (κ2) is 8.99. The van der Waals surface area contributed by atoms with Crippen molar-refractivity contribution < 1.29 is 51.7 Å². The molecule has 2 aromatic rings. The summed E-state index contributed by atoms with van der Waals surface area (Å²) in [6.45, 7) is 3.16. The van der Waals surface area contributed by atoms with E-state index >= 15 is 0 Å². The molecule has 2 atom stereocenters. The maximum Gasteiger partial charge on any atom is 0.514 e. The van der Waals surface area contributed by atoms with E-state index in [1.54, 1.807) is 13.8 Å². The van der Waals surface area contributed by atoms with Crippen molar-refractivity contribution in [3.8, 4) is 5.75 Å². The Kier molecular flexibility index (Phi) is 6.88. The van der Waals surface area contributed by atoms with Gasteiger partial charge in [0, 0.05) is 30.4 Å². The van der Waals surface area contributed by atoms with E-state index in [0.29, 0.717) is 0 Å². The number of halogens is 1. The van der Waals surface area contributed by atoms with E-state index in [1.807, 2.05) is 0 Å². The van der Waals surface area contributed by atoms with Crippen LogP contribution in [0.15, 0.2) is 42.7 Å². The molecule has 1 aromatic carbocycles. The van der Waals surface area contributed by atoms with Gasteiger partial charge in [-0.3, -0.25) is 23.2 Å². The van der Waals surface area contributed by atoms with E-state index in [0.717, 1.165) is 18.2 Å². The number of ether oxygens (including phenoxy) is 2. The first-order valence-corrected chi connectivity index (χ1v) is 12.3. The standard InChI is InChI=1S/C18H20FNO10P2/c1-11(2)27-17(21)28-13-5-6-14(15(19)8-13)16-29-31(23,24)18(22,32(25,26)30-16)9-12-4-3-7-20-10-12/h3-8,10-11,16,22H,9H2,1-2H3,(H,23,24)(H,25,26). The van der Waals surface area contributed by atoms with E-state index in [2.05, 4.69) is 4.98 Å². The molecule has 0 amide bonds. The van der Waals surface area contributed by atoms with Crippen molar-refractivity contribution in [2.75, 3.05) is 0 Å². The van der Waals surface area contributed by atoms with Gasteiger partial charge in [0.15, 0.2) is 0 Å². The molecule has 0 spiro atoms. The molecule has 0 radical (unpaired) electrons. The van der Waals surface area contributed by atoms with Gasteiger partial charge >= 0.3 is 21.3 Å². The summed E-state index contributed by atoms with van der Waals surface area (Å²) in [4.78, 5) is 35.9. The van der Waals surface area contributed by atoms with Gasteiger partial charge < -0.3 is 24.4 Å². The molecule has 0 saturated carbocycles. The number of aliphatic hydroxyl groups is 1. The number of hydrogen-bond donors (Lipinski definition) is 3. The number of hydrogen-bond acceptors (Lipinski definition) is 9. The Morgan fingerprint density at radius 2 is 1.91 bits per heavy atom. The average molecular weight is 491 g/mol. The molecule has 0 bridgehead atoms. The highest BCUT2D eigenvalue weighted by Crippen LogP contribution is 2.79. The highest BCUT2D eigenvalue weighted by molar-refractivity contribution is 7.73. The van der Waals surface area contributed by atoms with Crippen molar-refractivity contribution in [1.82, 2.24) is 4.98 Å². The van der Waals surface area contributed by atoms with E-state index in [4.69, 9.17) is 18.5 Å². The zero-order valence-corrected chi connectivity index (χ0v) is 18.6. The topological polar surface area (TPSA) is 162 Å². The number of carbonyl (C=O) groups is 1. The molecule has 1 saturated heterocycles. The largest absolute Gasteiger partial charge is 0.514 e. The second-order valence-corrected chi connectivity index (χ2v) is 11.4. The van der Waals surface area contributed by atoms with E-state index < -0.39 is 56.6 Å². The Labute approximate surface area is 181 Å². The van der Waals surface area contributed by atoms with Crippen LogP contribution in [0.25, 0.3) is 0 Å². The van der Waals surface area contributed by atoms with Crippen molar-refractivity contribution >= 4 is 21.3 Å². The van der Waals surface area contributed by atoms with Crippen LogP contribution in [0.5, 0.6) is 5.75 Å². The number of benzene rings is 1. The predicted octanol–water partition coefficient (Wildman–Crippen LogP) is 3.45. The lowest BCUT2D eigenvalue weighted by Crippen LogP contribution is -2.38. The van der Waals surface area contributed by atoms with Crippen molar-refractivity contribution in [2.45, 2.75) is 37.7 Å². The molecule has 3 N–H and O–H groups in total. The summed E-state index contributed by atoms with van der Waals surface area (Å²) < 4.78 is 59.4. The van der Waals surface area contributed by atoms with E-state index in [9.17, 15) is 33.2 Å². The molecule has 1 aliphatic heterocycles. The number of pyridine rings is 1. The van der Waals surface area contributed by atoms with Gasteiger partial charge in [-0.1, -0.05) is 6.07 Å². The molecule has 0 aliphatic carbocycles. The number of aromatic nitrogens is 1. The van der Waals surface area contributed by atoms with Gasteiger partial charge in [-0.25, -0.2) is 9.18 Å². The highest BCUT2D eigenvalue weighted by atomic mass is 31.2. The molecule has 14 heteroatoms. The summed E-state index contributed by atoms with van der Waals surface area (Å²) in [5, 5.41) is 7.45. The van der Waals surface area contributed by atoms with Gasteiger partial charge in [0.05, 0.1) is 6.10 Å². The minimum atomic E-state index is -5.27. The van der Waals surface area contributed by atoms with E-state index in [-0.39, 0.29) is 11.3 Å². The second-order valence-electron chi connectivity index (χ2n) is 7.10. The molecular formula is C18H20FNO10P2. The predicted molar refractivity (Wildman–Crippen MR) is 106 cm³/mol. The lowest BCUT2D eigenvalue weighted by atomic mass is 10.2. The highest BCUT2D eigenvalue weighted by Gasteiger charge is 2.67. The van der Waals surface area contributed by atoms with Crippen LogP contribution in [-0.2, 0) is 29.3 Å². The Bertz CT molecular complexity index is 1070. The van der Waals surface area contributed by atoms with Crippen molar-refractivity contribution in [2.24, 2.45) is 0 Å². The summed E-state index contributed by atoms with van der Waals surface area (Å²) in [5.41, 5.74) is -0.383. The molecule has 32 heavy (non-hydrogen) atoms. The van der Waals surface area contributed by atoms with Crippen LogP contribution in [0, 0.1) is 5.82 Å². The van der Waals surface area contributed by atoms with Crippen molar-refractivity contribution in [1.29, 1.82) is 0 Å². The molecule has 11 nitrogen and oxygen atoms in total. The van der Waals surface area contributed by atoms with Gasteiger partial charge in [-0.2, -0.15) is 0 Å². The SMILES string of the molecule is CC(C)OC(=O)Oc1ccc(C2OP(=O)(O)C(O)(Cc3cccnc3)P(=O)(O)O2)c(F)c1. The molecule has 1 aromatic heterocycles. The third-order valence-electron chi connectivity index (χ3n) is 4.31. The monoisotopic (exact) mass is 491 g/mol. The summed E-state index contributed by atoms with van der Waals surface area (Å²) in [5.74, 6) is -1.40. The summed E-state index contributed by atoms with van der Waals surface area (Å²) in [7, 11) is -10.5. The number of carbonyl (C=O) groups excluding carboxylic acids is 1. The fourth-order valence-electron chi connectivity index (χ4n) is 2.77. The van der Waals surface area contributed by atoms with Crippen LogP contribution in [0.3, 0.4) is 0 Å². The zero-order valence-electron chi connectivity index (χ0n) is 16.8. The molecule has 2 heterocycles. The lowest BCUT2D eigenvalue weighted by molar-refractivity contribution is -0.0596. The van der Waals surface area contributed by atoms with E-state index in [1.165, 1.54) is 24.5 Å². The Balaban J connectivity index is 1.85. The average Bonchev–Trinajstić information content (AvgIpc) is 2.66. The fraction of sp³-hybridized carbons (Fsp3) is 0.333. The molecule has 174 valence electrons. The maximum absolute atomic E-state index is 14.6. The molecule has 1 aliphatic rings. The minimum Gasteiger partial charge on any atom is -0.431 e. The minimum absolute atomic E-state index is 0.158. The van der Waals surface area contributed by atoms with Crippen LogP contribution in [0.4, 0.5) is 9.18 Å². The van der Waals surface area contributed by atoms with Gasteiger partial charge in [-0.15, -0.1) is 0 Å². The fourth-order valence-corrected chi connectivity index (χ4v) is 6.34.